The van der Waals surface area contributed by atoms with Crippen LogP contribution in [0.25, 0.3) is 0 Å². The highest BCUT2D eigenvalue weighted by atomic mass is 79.9. The zero-order valence-corrected chi connectivity index (χ0v) is 20.2. The van der Waals surface area contributed by atoms with Crippen molar-refractivity contribution in [2.45, 2.75) is 33.6 Å². The van der Waals surface area contributed by atoms with Crippen LogP contribution < -0.4 is 9.80 Å². The second-order valence-corrected chi connectivity index (χ2v) is 8.43. The van der Waals surface area contributed by atoms with Crippen LogP contribution >= 0.6 is 15.9 Å². The lowest BCUT2D eigenvalue weighted by atomic mass is 9.85. The molecule has 0 amide bonds. The van der Waals surface area contributed by atoms with E-state index in [0.717, 1.165) is 30.7 Å². The van der Waals surface area contributed by atoms with Gasteiger partial charge in [-0.1, -0.05) is 52.3 Å². The molecular formula is C27H33BrN2. The Hall–Kier alpha value is -2.26. The number of rotatable bonds is 9. The van der Waals surface area contributed by atoms with Crippen molar-refractivity contribution >= 4 is 27.3 Å². The Morgan fingerprint density at radius 2 is 0.833 bits per heavy atom. The molecule has 3 aromatic rings. The van der Waals surface area contributed by atoms with E-state index >= 15 is 0 Å². The van der Waals surface area contributed by atoms with Crippen LogP contribution in [0.4, 0.5) is 11.4 Å². The average molecular weight is 465 g/mol. The summed E-state index contributed by atoms with van der Waals surface area (Å²) >= 11 is 3.58. The van der Waals surface area contributed by atoms with Gasteiger partial charge in [0.15, 0.2) is 0 Å². The van der Waals surface area contributed by atoms with Crippen LogP contribution in [0.3, 0.4) is 0 Å². The molecule has 0 heterocycles. The minimum Gasteiger partial charge on any atom is -0.372 e. The fourth-order valence-corrected chi connectivity index (χ4v) is 4.43. The number of halogens is 1. The summed E-state index contributed by atoms with van der Waals surface area (Å²) in [5.41, 5.74) is 6.53. The first-order valence-electron chi connectivity index (χ1n) is 11.1. The van der Waals surface area contributed by atoms with Crippen molar-refractivity contribution in [1.29, 1.82) is 0 Å². The van der Waals surface area contributed by atoms with Crippen LogP contribution in [0.5, 0.6) is 0 Å². The maximum atomic E-state index is 3.58. The fraction of sp³-hybridized carbons (Fsp3) is 0.333. The molecule has 0 atom stereocenters. The number of anilines is 2. The average Bonchev–Trinajstić information content (AvgIpc) is 2.79. The topological polar surface area (TPSA) is 6.48 Å². The second-order valence-electron chi connectivity index (χ2n) is 7.51. The maximum absolute atomic E-state index is 3.58. The molecule has 0 radical (unpaired) electrons. The van der Waals surface area contributed by atoms with Gasteiger partial charge in [0.25, 0.3) is 0 Å². The molecule has 0 aliphatic rings. The van der Waals surface area contributed by atoms with E-state index < -0.39 is 0 Å². The lowest BCUT2D eigenvalue weighted by molar-refractivity contribution is 0.862. The van der Waals surface area contributed by atoms with Crippen molar-refractivity contribution in [3.05, 3.63) is 94.0 Å². The van der Waals surface area contributed by atoms with E-state index in [9.17, 15) is 0 Å². The predicted octanol–water partition coefficient (Wildman–Crippen LogP) is 7.32. The van der Waals surface area contributed by atoms with Gasteiger partial charge in [0.05, 0.1) is 0 Å². The number of benzene rings is 3. The quantitative estimate of drug-likeness (QED) is 0.306. The van der Waals surface area contributed by atoms with E-state index in [4.69, 9.17) is 0 Å². The van der Waals surface area contributed by atoms with Crippen molar-refractivity contribution in [1.82, 2.24) is 0 Å². The molecule has 0 aromatic heterocycles. The van der Waals surface area contributed by atoms with Gasteiger partial charge >= 0.3 is 0 Å². The van der Waals surface area contributed by atoms with Crippen LogP contribution in [0.2, 0.25) is 0 Å². The summed E-state index contributed by atoms with van der Waals surface area (Å²) in [6, 6.07) is 26.9. The standard InChI is InChI=1S/C27H33BrN2/c1-5-29(6-2)25-17-11-22(12-18-25)27(21-9-15-24(28)16-10-21)23-13-19-26(20-14-23)30(7-3)8-4/h9-20,27H,5-8H2,1-4H3. The van der Waals surface area contributed by atoms with E-state index in [-0.39, 0.29) is 5.92 Å². The predicted molar refractivity (Wildman–Crippen MR) is 135 cm³/mol. The first kappa shape index (κ1) is 22.4. The zero-order chi connectivity index (χ0) is 21.5. The summed E-state index contributed by atoms with van der Waals surface area (Å²) < 4.78 is 1.11. The molecule has 30 heavy (non-hydrogen) atoms. The molecule has 3 heteroatoms. The van der Waals surface area contributed by atoms with E-state index in [0.29, 0.717) is 0 Å². The SMILES string of the molecule is CCN(CC)c1ccc(C(c2ccc(Br)cc2)c2ccc(N(CC)CC)cc2)cc1. The molecule has 0 fully saturated rings. The first-order valence-corrected chi connectivity index (χ1v) is 11.9. The van der Waals surface area contributed by atoms with Gasteiger partial charge in [0, 0.05) is 47.9 Å². The molecule has 0 spiro atoms. The third kappa shape index (κ3) is 5.07. The van der Waals surface area contributed by atoms with Crippen LogP contribution in [-0.2, 0) is 0 Å². The molecule has 0 aliphatic heterocycles. The molecule has 0 unspecified atom stereocenters. The molecule has 0 saturated carbocycles. The number of nitrogens with zero attached hydrogens (tertiary/aromatic N) is 2. The molecular weight excluding hydrogens is 432 g/mol. The highest BCUT2D eigenvalue weighted by molar-refractivity contribution is 9.10. The summed E-state index contributed by atoms with van der Waals surface area (Å²) in [4.78, 5) is 4.77. The van der Waals surface area contributed by atoms with E-state index in [1.807, 2.05) is 0 Å². The van der Waals surface area contributed by atoms with Gasteiger partial charge in [-0.05, 0) is 80.8 Å². The van der Waals surface area contributed by atoms with Crippen molar-refractivity contribution in [2.75, 3.05) is 36.0 Å². The normalized spacial score (nSPS) is 11.0. The van der Waals surface area contributed by atoms with Crippen LogP contribution in [-0.4, -0.2) is 26.2 Å². The molecule has 0 N–H and O–H groups in total. The Bertz CT molecular complexity index is 838. The maximum Gasteiger partial charge on any atom is 0.0366 e. The summed E-state index contributed by atoms with van der Waals surface area (Å²) in [6.45, 7) is 12.9. The fourth-order valence-electron chi connectivity index (χ4n) is 4.17. The Morgan fingerprint density at radius 1 is 0.533 bits per heavy atom. The lowest BCUT2D eigenvalue weighted by Gasteiger charge is -2.25. The summed E-state index contributed by atoms with van der Waals surface area (Å²) in [6.07, 6.45) is 0. The highest BCUT2D eigenvalue weighted by Gasteiger charge is 2.18. The van der Waals surface area contributed by atoms with Crippen molar-refractivity contribution in [3.8, 4) is 0 Å². The summed E-state index contributed by atoms with van der Waals surface area (Å²) in [7, 11) is 0. The van der Waals surface area contributed by atoms with Gasteiger partial charge in [-0.3, -0.25) is 0 Å². The van der Waals surface area contributed by atoms with Gasteiger partial charge in [-0.15, -0.1) is 0 Å². The molecule has 158 valence electrons. The van der Waals surface area contributed by atoms with E-state index in [2.05, 4.69) is 126 Å². The largest absolute Gasteiger partial charge is 0.372 e. The summed E-state index contributed by atoms with van der Waals surface area (Å²) in [5, 5.41) is 0. The molecule has 2 nitrogen and oxygen atoms in total. The molecule has 0 bridgehead atoms. The minimum absolute atomic E-state index is 0.217. The van der Waals surface area contributed by atoms with Crippen LogP contribution in [0, 0.1) is 0 Å². The zero-order valence-electron chi connectivity index (χ0n) is 18.6. The number of hydrogen-bond acceptors (Lipinski definition) is 2. The van der Waals surface area contributed by atoms with Gasteiger partial charge in [0.2, 0.25) is 0 Å². The lowest BCUT2D eigenvalue weighted by Crippen LogP contribution is -2.21. The molecule has 0 aliphatic carbocycles. The Morgan fingerprint density at radius 3 is 1.13 bits per heavy atom. The van der Waals surface area contributed by atoms with Crippen molar-refractivity contribution in [3.63, 3.8) is 0 Å². The van der Waals surface area contributed by atoms with Gasteiger partial charge < -0.3 is 9.80 Å². The Kier molecular flexibility index (Phi) is 7.98. The smallest absolute Gasteiger partial charge is 0.0366 e. The molecule has 3 aromatic carbocycles. The Labute approximate surface area is 190 Å². The van der Waals surface area contributed by atoms with Crippen LogP contribution in [0.15, 0.2) is 77.3 Å². The molecule has 3 rings (SSSR count). The third-order valence-electron chi connectivity index (χ3n) is 5.91. The van der Waals surface area contributed by atoms with Crippen molar-refractivity contribution < 1.29 is 0 Å². The highest BCUT2D eigenvalue weighted by Crippen LogP contribution is 2.34. The monoisotopic (exact) mass is 464 g/mol. The first-order chi connectivity index (χ1) is 14.6. The molecule has 0 saturated heterocycles. The second kappa shape index (κ2) is 10.7. The minimum atomic E-state index is 0.217. The third-order valence-corrected chi connectivity index (χ3v) is 6.44. The van der Waals surface area contributed by atoms with E-state index in [1.54, 1.807) is 0 Å². The van der Waals surface area contributed by atoms with E-state index in [1.165, 1.54) is 28.1 Å². The van der Waals surface area contributed by atoms with Crippen molar-refractivity contribution in [2.24, 2.45) is 0 Å². The Balaban J connectivity index is 2.00. The van der Waals surface area contributed by atoms with Gasteiger partial charge in [0.1, 0.15) is 0 Å². The number of hydrogen-bond donors (Lipinski definition) is 0. The van der Waals surface area contributed by atoms with Crippen LogP contribution in [0.1, 0.15) is 50.3 Å². The summed E-state index contributed by atoms with van der Waals surface area (Å²) in [5.74, 6) is 0.217. The van der Waals surface area contributed by atoms with Gasteiger partial charge in [-0.25, -0.2) is 0 Å². The van der Waals surface area contributed by atoms with Gasteiger partial charge in [-0.2, -0.15) is 0 Å².